The van der Waals surface area contributed by atoms with Crippen LogP contribution >= 0.6 is 0 Å². The topological polar surface area (TPSA) is 38.3 Å². The van der Waals surface area contributed by atoms with Gasteiger partial charge < -0.3 is 10.1 Å². The molecule has 0 bridgehead atoms. The van der Waals surface area contributed by atoms with Gasteiger partial charge in [0.2, 0.25) is 5.91 Å². The van der Waals surface area contributed by atoms with Gasteiger partial charge >= 0.3 is 0 Å². The number of hydrogen-bond donors (Lipinski definition) is 1. The Morgan fingerprint density at radius 3 is 2.42 bits per heavy atom. The number of hydrogen-bond acceptors (Lipinski definition) is 2. The van der Waals surface area contributed by atoms with Gasteiger partial charge in [0, 0.05) is 13.5 Å². The van der Waals surface area contributed by atoms with Gasteiger partial charge in [-0.3, -0.25) is 4.79 Å². The van der Waals surface area contributed by atoms with Gasteiger partial charge in [0.1, 0.15) is 0 Å². The number of carbonyl (C=O) groups is 1. The highest BCUT2D eigenvalue weighted by Crippen LogP contribution is 2.01. The van der Waals surface area contributed by atoms with Crippen molar-refractivity contribution in [3.8, 4) is 0 Å². The lowest BCUT2D eigenvalue weighted by molar-refractivity contribution is -0.122. The fourth-order valence-electron chi connectivity index (χ4n) is 0.889. The van der Waals surface area contributed by atoms with Gasteiger partial charge in [0.15, 0.2) is 0 Å². The Kier molecular flexibility index (Phi) is 5.72. The summed E-state index contributed by atoms with van der Waals surface area (Å²) in [6.45, 7) is 6.57. The molecule has 1 atom stereocenters. The zero-order valence-electron chi connectivity index (χ0n) is 8.39. The normalized spacial score (nSPS) is 13.1. The molecule has 0 aromatic carbocycles. The minimum atomic E-state index is 0.0887. The second-order valence-electron chi connectivity index (χ2n) is 3.23. The first-order chi connectivity index (χ1) is 5.61. The van der Waals surface area contributed by atoms with E-state index in [4.69, 9.17) is 4.74 Å². The SMILES string of the molecule is CCC(=O)N[C@H](COC)C(C)C. The lowest BCUT2D eigenvalue weighted by Crippen LogP contribution is -2.41. The average molecular weight is 173 g/mol. The van der Waals surface area contributed by atoms with Gasteiger partial charge in [0.05, 0.1) is 12.6 Å². The first-order valence-electron chi connectivity index (χ1n) is 4.40. The molecule has 0 saturated carbocycles. The van der Waals surface area contributed by atoms with Crippen LogP contribution in [0.1, 0.15) is 27.2 Å². The van der Waals surface area contributed by atoms with Crippen LogP contribution in [-0.4, -0.2) is 25.7 Å². The summed E-state index contributed by atoms with van der Waals surface area (Å²) in [7, 11) is 1.65. The van der Waals surface area contributed by atoms with Crippen molar-refractivity contribution < 1.29 is 9.53 Å². The van der Waals surface area contributed by atoms with Crippen molar-refractivity contribution in [1.82, 2.24) is 5.32 Å². The van der Waals surface area contributed by atoms with Gasteiger partial charge in [-0.05, 0) is 5.92 Å². The third kappa shape index (κ3) is 4.34. The van der Waals surface area contributed by atoms with Crippen LogP contribution < -0.4 is 5.32 Å². The molecule has 0 aliphatic carbocycles. The minimum Gasteiger partial charge on any atom is -0.383 e. The van der Waals surface area contributed by atoms with E-state index in [0.29, 0.717) is 18.9 Å². The van der Waals surface area contributed by atoms with Crippen LogP contribution in [-0.2, 0) is 9.53 Å². The molecule has 0 saturated heterocycles. The summed E-state index contributed by atoms with van der Waals surface area (Å²) in [6.07, 6.45) is 0.535. The number of carbonyl (C=O) groups excluding carboxylic acids is 1. The summed E-state index contributed by atoms with van der Waals surface area (Å²) in [5.74, 6) is 0.506. The van der Waals surface area contributed by atoms with Crippen molar-refractivity contribution in [2.45, 2.75) is 33.2 Å². The van der Waals surface area contributed by atoms with E-state index in [1.54, 1.807) is 7.11 Å². The summed E-state index contributed by atoms with van der Waals surface area (Å²) >= 11 is 0. The summed E-state index contributed by atoms with van der Waals surface area (Å²) in [5, 5.41) is 2.90. The highest BCUT2D eigenvalue weighted by molar-refractivity contribution is 5.75. The van der Waals surface area contributed by atoms with Crippen molar-refractivity contribution >= 4 is 5.91 Å². The summed E-state index contributed by atoms with van der Waals surface area (Å²) < 4.78 is 5.00. The van der Waals surface area contributed by atoms with Crippen molar-refractivity contribution in [1.29, 1.82) is 0 Å². The van der Waals surface area contributed by atoms with Crippen molar-refractivity contribution in [3.05, 3.63) is 0 Å². The predicted molar refractivity (Wildman–Crippen MR) is 48.9 cm³/mol. The van der Waals surface area contributed by atoms with Crippen molar-refractivity contribution in [3.63, 3.8) is 0 Å². The largest absolute Gasteiger partial charge is 0.383 e. The van der Waals surface area contributed by atoms with E-state index < -0.39 is 0 Å². The van der Waals surface area contributed by atoms with Gasteiger partial charge in [-0.1, -0.05) is 20.8 Å². The maximum Gasteiger partial charge on any atom is 0.220 e. The number of methoxy groups -OCH3 is 1. The Labute approximate surface area is 74.5 Å². The van der Waals surface area contributed by atoms with E-state index in [1.807, 2.05) is 6.92 Å². The number of ether oxygens (including phenoxy) is 1. The number of nitrogens with one attached hydrogen (secondary N) is 1. The summed E-state index contributed by atoms with van der Waals surface area (Å²) in [4.78, 5) is 11.0. The minimum absolute atomic E-state index is 0.0887. The van der Waals surface area contributed by atoms with Crippen LogP contribution in [0.5, 0.6) is 0 Å². The molecule has 0 heterocycles. The zero-order chi connectivity index (χ0) is 9.56. The molecule has 12 heavy (non-hydrogen) atoms. The van der Waals surface area contributed by atoms with Gasteiger partial charge in [-0.15, -0.1) is 0 Å². The first kappa shape index (κ1) is 11.4. The van der Waals surface area contributed by atoms with Crippen molar-refractivity contribution in [2.75, 3.05) is 13.7 Å². The Morgan fingerprint density at radius 2 is 2.08 bits per heavy atom. The molecular weight excluding hydrogens is 154 g/mol. The molecule has 0 spiro atoms. The predicted octanol–water partition coefficient (Wildman–Crippen LogP) is 1.18. The zero-order valence-corrected chi connectivity index (χ0v) is 8.39. The molecule has 72 valence electrons. The van der Waals surface area contributed by atoms with E-state index in [1.165, 1.54) is 0 Å². The van der Waals surface area contributed by atoms with E-state index in [-0.39, 0.29) is 11.9 Å². The van der Waals surface area contributed by atoms with Gasteiger partial charge in [-0.2, -0.15) is 0 Å². The molecule has 1 N–H and O–H groups in total. The fraction of sp³-hybridized carbons (Fsp3) is 0.889. The first-order valence-corrected chi connectivity index (χ1v) is 4.40. The second-order valence-corrected chi connectivity index (χ2v) is 3.23. The van der Waals surface area contributed by atoms with E-state index in [9.17, 15) is 4.79 Å². The van der Waals surface area contributed by atoms with Crippen LogP contribution in [0.3, 0.4) is 0 Å². The molecule has 0 fully saturated rings. The molecule has 0 aliphatic rings. The molecule has 3 nitrogen and oxygen atoms in total. The van der Waals surface area contributed by atoms with E-state index in [0.717, 1.165) is 0 Å². The van der Waals surface area contributed by atoms with Crippen LogP contribution in [0.4, 0.5) is 0 Å². The lowest BCUT2D eigenvalue weighted by atomic mass is 10.1. The van der Waals surface area contributed by atoms with Gasteiger partial charge in [-0.25, -0.2) is 0 Å². The average Bonchev–Trinajstić information content (AvgIpc) is 2.03. The molecule has 0 aromatic heterocycles. The van der Waals surface area contributed by atoms with E-state index >= 15 is 0 Å². The van der Waals surface area contributed by atoms with Crippen molar-refractivity contribution in [2.24, 2.45) is 5.92 Å². The maximum atomic E-state index is 11.0. The molecule has 0 aromatic rings. The highest BCUT2D eigenvalue weighted by atomic mass is 16.5. The standard InChI is InChI=1S/C9H19NO2/c1-5-9(11)10-8(6-12-4)7(2)3/h7-8H,5-6H2,1-4H3,(H,10,11)/t8-/m1/s1. The van der Waals surface area contributed by atoms with Gasteiger partial charge in [0.25, 0.3) is 0 Å². The maximum absolute atomic E-state index is 11.0. The van der Waals surface area contributed by atoms with Crippen LogP contribution in [0.2, 0.25) is 0 Å². The molecule has 1 amide bonds. The van der Waals surface area contributed by atoms with Crippen LogP contribution in [0.25, 0.3) is 0 Å². The van der Waals surface area contributed by atoms with E-state index in [2.05, 4.69) is 19.2 Å². The third-order valence-electron chi connectivity index (χ3n) is 1.82. The Hall–Kier alpha value is -0.570. The summed E-state index contributed by atoms with van der Waals surface area (Å²) in [5.41, 5.74) is 0. The Balaban J connectivity index is 3.86. The monoisotopic (exact) mass is 173 g/mol. The molecule has 0 radical (unpaired) electrons. The Morgan fingerprint density at radius 1 is 1.50 bits per heavy atom. The molecule has 3 heteroatoms. The smallest absolute Gasteiger partial charge is 0.220 e. The quantitative estimate of drug-likeness (QED) is 0.678. The number of amides is 1. The number of rotatable bonds is 5. The Bertz CT molecular complexity index is 134. The summed E-state index contributed by atoms with van der Waals surface area (Å²) in [6, 6.07) is 0.141. The highest BCUT2D eigenvalue weighted by Gasteiger charge is 2.14. The van der Waals surface area contributed by atoms with Crippen LogP contribution in [0.15, 0.2) is 0 Å². The second kappa shape index (κ2) is 6.00. The third-order valence-corrected chi connectivity index (χ3v) is 1.82. The lowest BCUT2D eigenvalue weighted by Gasteiger charge is -2.20. The van der Waals surface area contributed by atoms with Crippen LogP contribution in [0, 0.1) is 5.92 Å². The molecule has 0 rings (SSSR count). The molecule has 0 unspecified atom stereocenters. The molecular formula is C9H19NO2. The molecule has 0 aliphatic heterocycles. The fourth-order valence-corrected chi connectivity index (χ4v) is 0.889.